The molecule has 1 aromatic carbocycles. The Hall–Kier alpha value is -3.77. The van der Waals surface area contributed by atoms with Crippen molar-refractivity contribution in [2.24, 2.45) is 5.92 Å². The predicted octanol–water partition coefficient (Wildman–Crippen LogP) is 8.62. The molecule has 0 N–H and O–H groups in total. The SMILES string of the molecule is COC1=CC=C(c2nc(C(C)C)no2)CC1C1=C(CN2C(=O)O[C@H](c3cc(C(F)(F)F)cc(C(F)(F)F)c3)[C@@H]2C)CCCC1. The van der Waals surface area contributed by atoms with Gasteiger partial charge in [-0.25, -0.2) is 4.79 Å². The van der Waals surface area contributed by atoms with Crippen molar-refractivity contribution >= 4 is 11.7 Å². The van der Waals surface area contributed by atoms with Crippen LogP contribution in [0.15, 0.2) is 51.8 Å². The second kappa shape index (κ2) is 12.0. The molecule has 1 saturated heterocycles. The van der Waals surface area contributed by atoms with Crippen LogP contribution in [0, 0.1) is 5.92 Å². The van der Waals surface area contributed by atoms with Crippen LogP contribution in [0.3, 0.4) is 0 Å². The molecule has 0 radical (unpaired) electrons. The summed E-state index contributed by atoms with van der Waals surface area (Å²) in [5.41, 5.74) is -0.401. The maximum Gasteiger partial charge on any atom is 0.416 e. The lowest BCUT2D eigenvalue weighted by molar-refractivity contribution is -0.143. The Bertz CT molecular complexity index is 1470. The third-order valence-corrected chi connectivity index (χ3v) is 8.43. The number of ether oxygens (including phenoxy) is 2. The van der Waals surface area contributed by atoms with E-state index in [-0.39, 0.29) is 30.0 Å². The van der Waals surface area contributed by atoms with Gasteiger partial charge in [-0.2, -0.15) is 31.3 Å². The van der Waals surface area contributed by atoms with Crippen LogP contribution in [0.2, 0.25) is 0 Å². The van der Waals surface area contributed by atoms with Crippen molar-refractivity contribution in [2.75, 3.05) is 13.7 Å². The number of carbonyl (C=O) groups excluding carboxylic acids is 1. The molecule has 0 saturated carbocycles. The van der Waals surface area contributed by atoms with Gasteiger partial charge in [-0.05, 0) is 68.9 Å². The first-order valence-electron chi connectivity index (χ1n) is 14.4. The lowest BCUT2D eigenvalue weighted by Crippen LogP contribution is -2.35. The van der Waals surface area contributed by atoms with Crippen molar-refractivity contribution in [1.82, 2.24) is 15.0 Å². The summed E-state index contributed by atoms with van der Waals surface area (Å²) in [5.74, 6) is 1.66. The average molecular weight is 626 g/mol. The summed E-state index contributed by atoms with van der Waals surface area (Å²) in [6, 6.07) is 0.473. The first-order chi connectivity index (χ1) is 20.7. The summed E-state index contributed by atoms with van der Waals surface area (Å²) in [5, 5.41) is 4.06. The summed E-state index contributed by atoms with van der Waals surface area (Å²) in [7, 11) is 1.58. The van der Waals surface area contributed by atoms with Crippen LogP contribution in [0.25, 0.3) is 5.57 Å². The number of nitrogens with zero attached hydrogens (tertiary/aromatic N) is 3. The number of amides is 1. The molecule has 0 bridgehead atoms. The Morgan fingerprint density at radius 2 is 1.68 bits per heavy atom. The van der Waals surface area contributed by atoms with Gasteiger partial charge in [0.1, 0.15) is 11.9 Å². The fourth-order valence-electron chi connectivity index (χ4n) is 6.05. The molecular formula is C31H33F6N3O4. The molecule has 1 unspecified atom stereocenters. The van der Waals surface area contributed by atoms with Crippen LogP contribution in [0.4, 0.5) is 31.1 Å². The number of hydrogen-bond donors (Lipinski definition) is 0. The van der Waals surface area contributed by atoms with Gasteiger partial charge in [0.15, 0.2) is 5.82 Å². The number of aromatic nitrogens is 2. The molecule has 1 fully saturated rings. The standard InChI is InChI=1S/C31H33F6N3O4/c1-16(2)27-38-28(44-39-27)18-9-10-25(42-4)24(13-18)23-8-6-5-7-19(23)15-40-17(3)26(43-29(40)41)20-11-21(30(32,33)34)14-22(12-20)31(35,36)37/h9-12,14,16-17,24,26H,5-8,13,15H2,1-4H3/t17-,24?,26-/m0/s1. The maximum atomic E-state index is 13.5. The van der Waals surface area contributed by atoms with E-state index in [2.05, 4.69) is 10.1 Å². The first-order valence-corrected chi connectivity index (χ1v) is 14.4. The molecule has 2 heterocycles. The van der Waals surface area contributed by atoms with Gasteiger partial charge in [0, 0.05) is 24.0 Å². The fourth-order valence-corrected chi connectivity index (χ4v) is 6.05. The Labute approximate surface area is 250 Å². The number of alkyl halides is 6. The minimum atomic E-state index is -5.01. The van der Waals surface area contributed by atoms with E-state index < -0.39 is 41.7 Å². The van der Waals surface area contributed by atoms with Crippen molar-refractivity contribution in [1.29, 1.82) is 0 Å². The quantitative estimate of drug-likeness (QED) is 0.227. The fraction of sp³-hybridized carbons (Fsp3) is 0.516. The number of hydrogen-bond acceptors (Lipinski definition) is 6. The number of rotatable bonds is 7. The predicted molar refractivity (Wildman–Crippen MR) is 147 cm³/mol. The smallest absolute Gasteiger partial charge is 0.416 e. The number of allylic oxidation sites excluding steroid dienone is 4. The zero-order valence-corrected chi connectivity index (χ0v) is 24.7. The second-order valence-corrected chi connectivity index (χ2v) is 11.7. The van der Waals surface area contributed by atoms with E-state index >= 15 is 0 Å². The molecule has 238 valence electrons. The van der Waals surface area contributed by atoms with E-state index in [0.29, 0.717) is 36.7 Å². The first kappa shape index (κ1) is 31.6. The summed E-state index contributed by atoms with van der Waals surface area (Å²) >= 11 is 0. The third kappa shape index (κ3) is 6.37. The van der Waals surface area contributed by atoms with Crippen LogP contribution in [-0.2, 0) is 21.8 Å². The Kier molecular flexibility index (Phi) is 8.60. The largest absolute Gasteiger partial charge is 0.500 e. The van der Waals surface area contributed by atoms with Crippen molar-refractivity contribution in [3.05, 3.63) is 75.7 Å². The average Bonchev–Trinajstić information content (AvgIpc) is 3.58. The van der Waals surface area contributed by atoms with Gasteiger partial charge in [-0.15, -0.1) is 0 Å². The normalized spacial score (nSPS) is 23.2. The molecule has 2 aliphatic carbocycles. The van der Waals surface area contributed by atoms with Crippen molar-refractivity contribution in [2.45, 2.75) is 83.3 Å². The van der Waals surface area contributed by atoms with Crippen molar-refractivity contribution < 1.29 is 45.1 Å². The van der Waals surface area contributed by atoms with Gasteiger partial charge in [0.25, 0.3) is 5.89 Å². The number of carbonyl (C=O) groups is 1. The lowest BCUT2D eigenvalue weighted by atomic mass is 9.78. The van der Waals surface area contributed by atoms with Gasteiger partial charge in [0.2, 0.25) is 0 Å². The van der Waals surface area contributed by atoms with Gasteiger partial charge < -0.3 is 14.0 Å². The molecule has 44 heavy (non-hydrogen) atoms. The van der Waals surface area contributed by atoms with Crippen LogP contribution in [0.1, 0.15) is 93.3 Å². The zero-order valence-electron chi connectivity index (χ0n) is 24.7. The molecule has 3 atom stereocenters. The Morgan fingerprint density at radius 3 is 2.27 bits per heavy atom. The molecule has 5 rings (SSSR count). The van der Waals surface area contributed by atoms with Crippen LogP contribution in [-0.4, -0.2) is 40.8 Å². The van der Waals surface area contributed by atoms with E-state index in [1.165, 1.54) is 4.90 Å². The minimum absolute atomic E-state index is 0.0630. The van der Waals surface area contributed by atoms with E-state index in [9.17, 15) is 31.1 Å². The lowest BCUT2D eigenvalue weighted by Gasteiger charge is -2.32. The molecule has 1 aromatic heterocycles. The highest BCUT2D eigenvalue weighted by Gasteiger charge is 2.44. The minimum Gasteiger partial charge on any atom is -0.500 e. The van der Waals surface area contributed by atoms with E-state index in [0.717, 1.165) is 41.7 Å². The number of methoxy groups -OCH3 is 1. The molecular weight excluding hydrogens is 592 g/mol. The number of benzene rings is 1. The summed E-state index contributed by atoms with van der Waals surface area (Å²) in [6.07, 6.45) is -4.70. The molecule has 2 aromatic rings. The van der Waals surface area contributed by atoms with Crippen LogP contribution in [0.5, 0.6) is 0 Å². The zero-order chi connectivity index (χ0) is 32.0. The number of cyclic esters (lactones) is 1. The highest BCUT2D eigenvalue weighted by atomic mass is 19.4. The van der Waals surface area contributed by atoms with E-state index in [1.54, 1.807) is 14.0 Å². The third-order valence-electron chi connectivity index (χ3n) is 8.43. The van der Waals surface area contributed by atoms with Crippen LogP contribution >= 0.6 is 0 Å². The molecule has 3 aliphatic rings. The summed E-state index contributed by atoms with van der Waals surface area (Å²) in [4.78, 5) is 19.0. The Morgan fingerprint density at radius 1 is 1.02 bits per heavy atom. The highest BCUT2D eigenvalue weighted by molar-refractivity contribution is 5.71. The molecule has 1 amide bonds. The van der Waals surface area contributed by atoms with Crippen molar-refractivity contribution in [3.63, 3.8) is 0 Å². The van der Waals surface area contributed by atoms with Gasteiger partial charge >= 0.3 is 18.4 Å². The van der Waals surface area contributed by atoms with Crippen molar-refractivity contribution in [3.8, 4) is 0 Å². The van der Waals surface area contributed by atoms with E-state index in [4.69, 9.17) is 14.0 Å². The molecule has 0 spiro atoms. The number of halogens is 6. The van der Waals surface area contributed by atoms with Gasteiger partial charge in [-0.1, -0.05) is 36.2 Å². The highest BCUT2D eigenvalue weighted by Crippen LogP contribution is 2.44. The molecule has 1 aliphatic heterocycles. The topological polar surface area (TPSA) is 77.7 Å². The Balaban J connectivity index is 1.43. The monoisotopic (exact) mass is 625 g/mol. The van der Waals surface area contributed by atoms with Crippen LogP contribution < -0.4 is 0 Å². The summed E-state index contributed by atoms with van der Waals surface area (Å²) < 4.78 is 97.7. The second-order valence-electron chi connectivity index (χ2n) is 11.7. The maximum absolute atomic E-state index is 13.5. The van der Waals surface area contributed by atoms with Gasteiger partial charge in [0.05, 0.1) is 24.3 Å². The summed E-state index contributed by atoms with van der Waals surface area (Å²) in [6.45, 7) is 5.62. The van der Waals surface area contributed by atoms with E-state index in [1.807, 2.05) is 26.0 Å². The molecule has 7 nitrogen and oxygen atoms in total. The molecule has 13 heteroatoms. The van der Waals surface area contributed by atoms with Gasteiger partial charge in [-0.3, -0.25) is 4.90 Å².